The lowest BCUT2D eigenvalue weighted by Gasteiger charge is -2.30. The van der Waals surface area contributed by atoms with Gasteiger partial charge in [0.05, 0.1) is 5.92 Å². The number of carbonyl (C=O) groups is 2. The summed E-state index contributed by atoms with van der Waals surface area (Å²) in [4.78, 5) is 25.2. The number of nitrogens with one attached hydrogen (secondary N) is 1. The Bertz CT molecular complexity index is 715. The fraction of sp³-hybridized carbons (Fsp3) is 0.200. The zero-order valence-corrected chi connectivity index (χ0v) is 14.0. The summed E-state index contributed by atoms with van der Waals surface area (Å²) in [7, 11) is 0. The summed E-state index contributed by atoms with van der Waals surface area (Å²) in [6.07, 6.45) is 0.279. The maximum atomic E-state index is 12.4. The monoisotopic (exact) mass is 383 g/mol. The molecular formula is C15H11BrClNO2S. The van der Waals surface area contributed by atoms with Crippen molar-refractivity contribution >= 4 is 50.7 Å². The average Bonchev–Trinajstić information content (AvgIpc) is 2.85. The van der Waals surface area contributed by atoms with E-state index in [1.54, 1.807) is 17.4 Å². The maximum absolute atomic E-state index is 12.4. The zero-order chi connectivity index (χ0) is 15.0. The summed E-state index contributed by atoms with van der Waals surface area (Å²) in [6, 6.07) is 9.22. The topological polar surface area (TPSA) is 46.2 Å². The number of carbonyl (C=O) groups excluding carboxylic acids is 2. The fourth-order valence-corrected chi connectivity index (χ4v) is 4.73. The van der Waals surface area contributed by atoms with E-state index < -0.39 is 5.92 Å². The summed E-state index contributed by atoms with van der Waals surface area (Å²) in [5.41, 5.74) is 0.759. The number of amides is 2. The van der Waals surface area contributed by atoms with Gasteiger partial charge in [0.15, 0.2) is 0 Å². The molecule has 21 heavy (non-hydrogen) atoms. The Balaban J connectivity index is 2.10. The van der Waals surface area contributed by atoms with Crippen molar-refractivity contribution in [3.63, 3.8) is 0 Å². The van der Waals surface area contributed by atoms with Crippen LogP contribution in [0, 0.1) is 0 Å². The SMILES string of the molecule is O=C1CC(c2sccc2Br)C(c2ccccc2Cl)C(=O)N1. The lowest BCUT2D eigenvalue weighted by molar-refractivity contribution is -0.135. The number of halogens is 2. The van der Waals surface area contributed by atoms with Crippen LogP contribution < -0.4 is 5.32 Å². The molecule has 3 rings (SSSR count). The minimum absolute atomic E-state index is 0.194. The van der Waals surface area contributed by atoms with E-state index >= 15 is 0 Å². The van der Waals surface area contributed by atoms with Gasteiger partial charge in [-0.25, -0.2) is 0 Å². The molecule has 2 unspecified atom stereocenters. The zero-order valence-electron chi connectivity index (χ0n) is 10.8. The number of hydrogen-bond acceptors (Lipinski definition) is 3. The normalized spacial score (nSPS) is 22.2. The third kappa shape index (κ3) is 2.78. The van der Waals surface area contributed by atoms with Crippen molar-refractivity contribution in [3.8, 4) is 0 Å². The molecule has 1 saturated heterocycles. The van der Waals surface area contributed by atoms with Gasteiger partial charge in [-0.2, -0.15) is 0 Å². The predicted octanol–water partition coefficient (Wildman–Crippen LogP) is 4.08. The Hall–Kier alpha value is -1.17. The minimum atomic E-state index is -0.452. The van der Waals surface area contributed by atoms with E-state index in [-0.39, 0.29) is 24.2 Å². The van der Waals surface area contributed by atoms with Gasteiger partial charge in [-0.05, 0) is 39.0 Å². The second-order valence-corrected chi connectivity index (χ2v) is 7.06. The highest BCUT2D eigenvalue weighted by atomic mass is 79.9. The second-order valence-electron chi connectivity index (χ2n) is 4.86. The van der Waals surface area contributed by atoms with Crippen LogP contribution in [0.2, 0.25) is 5.02 Å². The number of imide groups is 1. The standard InChI is InChI=1S/C15H11BrClNO2S/c16-10-5-6-21-14(10)9-7-12(19)18-15(20)13(9)8-3-1-2-4-11(8)17/h1-6,9,13H,7H2,(H,18,19,20). The molecule has 108 valence electrons. The van der Waals surface area contributed by atoms with Crippen LogP contribution in [0.1, 0.15) is 28.7 Å². The summed E-state index contributed by atoms with van der Waals surface area (Å²) in [5, 5.41) is 4.91. The van der Waals surface area contributed by atoms with Crippen LogP contribution in [0.3, 0.4) is 0 Å². The van der Waals surface area contributed by atoms with Crippen LogP contribution in [0.4, 0.5) is 0 Å². The Morgan fingerprint density at radius 2 is 2.00 bits per heavy atom. The summed E-state index contributed by atoms with van der Waals surface area (Å²) >= 11 is 11.3. The molecule has 2 atom stereocenters. The van der Waals surface area contributed by atoms with Crippen molar-refractivity contribution < 1.29 is 9.59 Å². The third-order valence-electron chi connectivity index (χ3n) is 3.57. The molecule has 0 spiro atoms. The number of benzene rings is 1. The molecule has 0 saturated carbocycles. The molecular weight excluding hydrogens is 374 g/mol. The van der Waals surface area contributed by atoms with Crippen LogP contribution in [0.25, 0.3) is 0 Å². The molecule has 6 heteroatoms. The number of rotatable bonds is 2. The lowest BCUT2D eigenvalue weighted by atomic mass is 9.79. The second kappa shape index (κ2) is 5.91. The molecule has 1 aliphatic rings. The first kappa shape index (κ1) is 14.8. The first-order chi connectivity index (χ1) is 10.1. The number of piperidine rings is 1. The summed E-state index contributed by atoms with van der Waals surface area (Å²) in [5.74, 6) is -1.18. The van der Waals surface area contributed by atoms with Gasteiger partial charge in [-0.15, -0.1) is 11.3 Å². The molecule has 2 aromatic rings. The van der Waals surface area contributed by atoms with E-state index in [1.165, 1.54) is 0 Å². The Morgan fingerprint density at radius 1 is 1.24 bits per heavy atom. The molecule has 2 heterocycles. The largest absolute Gasteiger partial charge is 0.296 e. The molecule has 0 bridgehead atoms. The minimum Gasteiger partial charge on any atom is -0.296 e. The first-order valence-corrected chi connectivity index (χ1v) is 8.44. The van der Waals surface area contributed by atoms with E-state index in [4.69, 9.17) is 11.6 Å². The van der Waals surface area contributed by atoms with Gasteiger partial charge in [0.25, 0.3) is 0 Å². The highest BCUT2D eigenvalue weighted by Gasteiger charge is 2.40. The quantitative estimate of drug-likeness (QED) is 0.793. The van der Waals surface area contributed by atoms with Crippen molar-refractivity contribution in [2.24, 2.45) is 0 Å². The predicted molar refractivity (Wildman–Crippen MR) is 86.7 cm³/mol. The van der Waals surface area contributed by atoms with Crippen molar-refractivity contribution in [2.45, 2.75) is 18.3 Å². The molecule has 1 aromatic heterocycles. The van der Waals surface area contributed by atoms with Gasteiger partial charge in [0.1, 0.15) is 0 Å². The third-order valence-corrected chi connectivity index (χ3v) is 5.92. The van der Waals surface area contributed by atoms with Crippen molar-refractivity contribution in [1.82, 2.24) is 5.32 Å². The smallest absolute Gasteiger partial charge is 0.234 e. The van der Waals surface area contributed by atoms with Crippen molar-refractivity contribution in [1.29, 1.82) is 0 Å². The van der Waals surface area contributed by atoms with Gasteiger partial charge in [0.2, 0.25) is 11.8 Å². The molecule has 1 aliphatic heterocycles. The van der Waals surface area contributed by atoms with Crippen LogP contribution in [0.5, 0.6) is 0 Å². The number of hydrogen-bond donors (Lipinski definition) is 1. The van der Waals surface area contributed by atoms with Gasteiger partial charge in [-0.3, -0.25) is 14.9 Å². The van der Waals surface area contributed by atoms with Gasteiger partial charge < -0.3 is 0 Å². The molecule has 0 radical (unpaired) electrons. The van der Waals surface area contributed by atoms with Crippen molar-refractivity contribution in [2.75, 3.05) is 0 Å². The summed E-state index contributed by atoms with van der Waals surface area (Å²) in [6.45, 7) is 0. The number of thiophene rings is 1. The lowest BCUT2D eigenvalue weighted by Crippen LogP contribution is -2.43. The van der Waals surface area contributed by atoms with Crippen LogP contribution >= 0.6 is 38.9 Å². The molecule has 1 fully saturated rings. The van der Waals surface area contributed by atoms with Gasteiger partial charge in [-0.1, -0.05) is 29.8 Å². The highest BCUT2D eigenvalue weighted by Crippen LogP contribution is 2.45. The molecule has 1 N–H and O–H groups in total. The Labute approximate surface area is 139 Å². The Kier molecular flexibility index (Phi) is 4.15. The average molecular weight is 385 g/mol. The molecule has 1 aromatic carbocycles. The molecule has 0 aliphatic carbocycles. The van der Waals surface area contributed by atoms with E-state index in [9.17, 15) is 9.59 Å². The van der Waals surface area contributed by atoms with Gasteiger partial charge >= 0.3 is 0 Å². The molecule has 2 amide bonds. The Morgan fingerprint density at radius 3 is 2.67 bits per heavy atom. The van der Waals surface area contributed by atoms with E-state index in [1.807, 2.05) is 29.6 Å². The van der Waals surface area contributed by atoms with Crippen LogP contribution in [-0.4, -0.2) is 11.8 Å². The fourth-order valence-electron chi connectivity index (χ4n) is 2.67. The van der Waals surface area contributed by atoms with Crippen LogP contribution in [-0.2, 0) is 9.59 Å². The first-order valence-electron chi connectivity index (χ1n) is 6.39. The van der Waals surface area contributed by atoms with E-state index in [0.717, 1.165) is 14.9 Å². The molecule has 3 nitrogen and oxygen atoms in total. The van der Waals surface area contributed by atoms with E-state index in [0.29, 0.717) is 5.02 Å². The summed E-state index contributed by atoms with van der Waals surface area (Å²) < 4.78 is 0.928. The van der Waals surface area contributed by atoms with E-state index in [2.05, 4.69) is 21.2 Å². The maximum Gasteiger partial charge on any atom is 0.234 e. The van der Waals surface area contributed by atoms with Crippen LogP contribution in [0.15, 0.2) is 40.2 Å². The van der Waals surface area contributed by atoms with Gasteiger partial charge in [0, 0.05) is 26.7 Å². The van der Waals surface area contributed by atoms with Crippen molar-refractivity contribution in [3.05, 3.63) is 55.6 Å². The highest BCUT2D eigenvalue weighted by molar-refractivity contribution is 9.10.